The van der Waals surface area contributed by atoms with Crippen LogP contribution in [0.25, 0.3) is 0 Å². The molecule has 0 N–H and O–H groups in total. The van der Waals surface area contributed by atoms with Crippen LogP contribution >= 0.6 is 0 Å². The summed E-state index contributed by atoms with van der Waals surface area (Å²) in [7, 11) is 0. The van der Waals surface area contributed by atoms with E-state index in [0.717, 1.165) is 13.1 Å². The highest BCUT2D eigenvalue weighted by molar-refractivity contribution is 5.81. The second-order valence-electron chi connectivity index (χ2n) is 7.97. The first-order chi connectivity index (χ1) is 9.10. The van der Waals surface area contributed by atoms with Crippen LogP contribution in [0.3, 0.4) is 0 Å². The number of hydrogen-bond acceptors (Lipinski definition) is 1. The Morgan fingerprint density at radius 2 is 1.95 bits per heavy atom. The van der Waals surface area contributed by atoms with Gasteiger partial charge in [0.1, 0.15) is 0 Å². The van der Waals surface area contributed by atoms with Gasteiger partial charge in [-0.1, -0.05) is 39.3 Å². The van der Waals surface area contributed by atoms with Gasteiger partial charge in [0, 0.05) is 18.5 Å². The lowest BCUT2D eigenvalue weighted by atomic mass is 9.94. The number of hydrogen-bond donors (Lipinski definition) is 0. The number of carbonyl (C=O) groups is 1. The van der Waals surface area contributed by atoms with Gasteiger partial charge in [-0.2, -0.15) is 0 Å². The molecule has 0 saturated heterocycles. The normalized spacial score (nSPS) is 25.2. The molecule has 0 radical (unpaired) electrons. The molecular formula is C18H33NO. The molecule has 0 aromatic rings. The second kappa shape index (κ2) is 6.32. The average Bonchev–Trinajstić information content (AvgIpc) is 2.94. The van der Waals surface area contributed by atoms with Crippen LogP contribution in [0, 0.1) is 16.7 Å². The molecule has 1 aliphatic carbocycles. The number of nitrogens with zero attached hydrogens (tertiary/aromatic N) is 1. The Labute approximate surface area is 125 Å². The first-order valence-corrected chi connectivity index (χ1v) is 8.03. The first-order valence-electron chi connectivity index (χ1n) is 8.03. The van der Waals surface area contributed by atoms with E-state index >= 15 is 0 Å². The molecule has 2 nitrogen and oxygen atoms in total. The predicted octanol–water partition coefficient (Wildman–Crippen LogP) is 4.65. The summed E-state index contributed by atoms with van der Waals surface area (Å²) in [6.07, 6.45) is 6.04. The van der Waals surface area contributed by atoms with Crippen molar-refractivity contribution < 1.29 is 4.79 Å². The summed E-state index contributed by atoms with van der Waals surface area (Å²) in [5.41, 5.74) is 1.60. The number of rotatable bonds is 6. The number of allylic oxidation sites excluding steroid dienone is 2. The fourth-order valence-corrected chi connectivity index (χ4v) is 2.88. The molecule has 0 heterocycles. The molecule has 116 valence electrons. The number of amides is 1. The number of carbonyl (C=O) groups excluding carboxylic acids is 1. The molecule has 0 spiro atoms. The molecule has 1 aliphatic rings. The van der Waals surface area contributed by atoms with Crippen molar-refractivity contribution in [2.24, 2.45) is 16.7 Å². The van der Waals surface area contributed by atoms with Gasteiger partial charge in [-0.05, 0) is 51.4 Å². The summed E-state index contributed by atoms with van der Waals surface area (Å²) in [5, 5.41) is 0. The molecule has 1 rings (SSSR count). The van der Waals surface area contributed by atoms with Crippen LogP contribution in [0.15, 0.2) is 11.6 Å². The van der Waals surface area contributed by atoms with Gasteiger partial charge >= 0.3 is 0 Å². The fourth-order valence-electron chi connectivity index (χ4n) is 2.88. The Balaban J connectivity index is 2.50. The van der Waals surface area contributed by atoms with Gasteiger partial charge in [-0.25, -0.2) is 0 Å². The predicted molar refractivity (Wildman–Crippen MR) is 86.6 cm³/mol. The van der Waals surface area contributed by atoms with Gasteiger partial charge in [0.05, 0.1) is 0 Å². The molecular weight excluding hydrogens is 246 g/mol. The third kappa shape index (κ3) is 4.64. The van der Waals surface area contributed by atoms with Crippen LogP contribution in [-0.4, -0.2) is 23.9 Å². The zero-order valence-corrected chi connectivity index (χ0v) is 14.5. The van der Waals surface area contributed by atoms with Crippen LogP contribution in [0.2, 0.25) is 0 Å². The lowest BCUT2D eigenvalue weighted by Gasteiger charge is -2.29. The topological polar surface area (TPSA) is 20.3 Å². The molecule has 0 aliphatic heterocycles. The third-order valence-corrected chi connectivity index (χ3v) is 4.56. The zero-order chi connectivity index (χ0) is 15.6. The fraction of sp³-hybridized carbons (Fsp3) is 0.833. The van der Waals surface area contributed by atoms with E-state index in [2.05, 4.69) is 38.7 Å². The smallest absolute Gasteiger partial charge is 0.227 e. The SMILES string of the molecule is CCN(CC1CC1(C)CCC=C(C)C)C(=O)C(C)(C)C. The Hall–Kier alpha value is -0.790. The summed E-state index contributed by atoms with van der Waals surface area (Å²) in [6.45, 7) is 16.6. The highest BCUT2D eigenvalue weighted by atomic mass is 16.2. The quantitative estimate of drug-likeness (QED) is 0.648. The molecule has 20 heavy (non-hydrogen) atoms. The Kier molecular flexibility index (Phi) is 5.46. The van der Waals surface area contributed by atoms with Crippen molar-refractivity contribution in [2.75, 3.05) is 13.1 Å². The summed E-state index contributed by atoms with van der Waals surface area (Å²) >= 11 is 0. The van der Waals surface area contributed by atoms with Crippen LogP contribution in [0.4, 0.5) is 0 Å². The highest BCUT2D eigenvalue weighted by Gasteiger charge is 2.50. The minimum Gasteiger partial charge on any atom is -0.342 e. The maximum atomic E-state index is 12.4. The summed E-state index contributed by atoms with van der Waals surface area (Å²) in [4.78, 5) is 14.4. The van der Waals surface area contributed by atoms with E-state index < -0.39 is 0 Å². The van der Waals surface area contributed by atoms with Crippen molar-refractivity contribution in [1.82, 2.24) is 4.90 Å². The van der Waals surface area contributed by atoms with Gasteiger partial charge < -0.3 is 4.90 Å². The van der Waals surface area contributed by atoms with Crippen molar-refractivity contribution >= 4 is 5.91 Å². The maximum absolute atomic E-state index is 12.4. The van der Waals surface area contributed by atoms with E-state index in [-0.39, 0.29) is 5.41 Å². The Morgan fingerprint density at radius 3 is 2.40 bits per heavy atom. The van der Waals surface area contributed by atoms with Crippen LogP contribution in [0.1, 0.15) is 67.7 Å². The van der Waals surface area contributed by atoms with Crippen LogP contribution in [-0.2, 0) is 4.79 Å². The van der Waals surface area contributed by atoms with Gasteiger partial charge in [0.2, 0.25) is 5.91 Å². The van der Waals surface area contributed by atoms with E-state index in [4.69, 9.17) is 0 Å². The van der Waals surface area contributed by atoms with Gasteiger partial charge in [-0.3, -0.25) is 4.79 Å². The molecule has 0 aromatic heterocycles. The molecule has 2 heteroatoms. The molecule has 1 amide bonds. The molecule has 1 fully saturated rings. The molecule has 2 atom stereocenters. The van der Waals surface area contributed by atoms with Crippen LogP contribution < -0.4 is 0 Å². The van der Waals surface area contributed by atoms with Gasteiger partial charge in [-0.15, -0.1) is 0 Å². The zero-order valence-electron chi connectivity index (χ0n) is 14.5. The first kappa shape index (κ1) is 17.3. The van der Waals surface area contributed by atoms with Crippen molar-refractivity contribution in [1.29, 1.82) is 0 Å². The largest absolute Gasteiger partial charge is 0.342 e. The molecule has 1 saturated carbocycles. The summed E-state index contributed by atoms with van der Waals surface area (Å²) in [6, 6.07) is 0. The van der Waals surface area contributed by atoms with E-state index in [9.17, 15) is 4.79 Å². The van der Waals surface area contributed by atoms with Gasteiger partial charge in [0.15, 0.2) is 0 Å². The van der Waals surface area contributed by atoms with E-state index in [1.165, 1.54) is 24.8 Å². The standard InChI is InChI=1S/C18H33NO/c1-8-19(16(20)17(4,5)6)13-15-12-18(15,7)11-9-10-14(2)3/h10,15H,8-9,11-13H2,1-7H3. The van der Waals surface area contributed by atoms with Crippen molar-refractivity contribution in [3.05, 3.63) is 11.6 Å². The maximum Gasteiger partial charge on any atom is 0.227 e. The van der Waals surface area contributed by atoms with E-state index in [1.54, 1.807) is 0 Å². The van der Waals surface area contributed by atoms with E-state index in [1.807, 2.05) is 20.8 Å². The molecule has 2 unspecified atom stereocenters. The Morgan fingerprint density at radius 1 is 1.35 bits per heavy atom. The minimum absolute atomic E-state index is 0.261. The second-order valence-corrected chi connectivity index (χ2v) is 7.97. The van der Waals surface area contributed by atoms with Gasteiger partial charge in [0.25, 0.3) is 0 Å². The lowest BCUT2D eigenvalue weighted by Crippen LogP contribution is -2.41. The third-order valence-electron chi connectivity index (χ3n) is 4.56. The van der Waals surface area contributed by atoms with Crippen molar-refractivity contribution in [3.63, 3.8) is 0 Å². The van der Waals surface area contributed by atoms with E-state index in [0.29, 0.717) is 17.2 Å². The Bertz CT molecular complexity index is 373. The molecule has 0 aromatic carbocycles. The summed E-state index contributed by atoms with van der Waals surface area (Å²) < 4.78 is 0. The highest BCUT2D eigenvalue weighted by Crippen LogP contribution is 2.56. The van der Waals surface area contributed by atoms with Crippen molar-refractivity contribution in [2.45, 2.75) is 67.7 Å². The average molecular weight is 279 g/mol. The monoisotopic (exact) mass is 279 g/mol. The van der Waals surface area contributed by atoms with Crippen molar-refractivity contribution in [3.8, 4) is 0 Å². The summed E-state index contributed by atoms with van der Waals surface area (Å²) in [5.74, 6) is 0.984. The minimum atomic E-state index is -0.261. The molecule has 0 bridgehead atoms. The lowest BCUT2D eigenvalue weighted by molar-refractivity contribution is -0.139. The van der Waals surface area contributed by atoms with Crippen LogP contribution in [0.5, 0.6) is 0 Å².